The fourth-order valence-corrected chi connectivity index (χ4v) is 1.73. The summed E-state index contributed by atoms with van der Waals surface area (Å²) >= 11 is 5.82. The topological polar surface area (TPSA) is 51.5 Å². The van der Waals surface area contributed by atoms with E-state index in [0.717, 1.165) is 0 Å². The first kappa shape index (κ1) is 18.1. The Bertz CT molecular complexity index is 585. The smallest absolute Gasteiger partial charge is 0.219 e. The molecule has 0 fully saturated rings. The molecule has 0 amide bonds. The van der Waals surface area contributed by atoms with Crippen LogP contribution in [-0.2, 0) is 4.74 Å². The fraction of sp³-hybridized carbons (Fsp3) is 0.188. The summed E-state index contributed by atoms with van der Waals surface area (Å²) in [5.74, 6) is 2.18. The van der Waals surface area contributed by atoms with E-state index in [2.05, 4.69) is 0 Å². The van der Waals surface area contributed by atoms with Gasteiger partial charge in [-0.25, -0.2) is 0 Å². The molecule has 0 aliphatic heterocycles. The lowest BCUT2D eigenvalue weighted by Gasteiger charge is -2.09. The Morgan fingerprint density at radius 3 is 2.00 bits per heavy atom. The summed E-state index contributed by atoms with van der Waals surface area (Å²) < 4.78 is 16.1. The van der Waals surface area contributed by atoms with Gasteiger partial charge in [-0.3, -0.25) is 5.41 Å². The highest BCUT2D eigenvalue weighted by Crippen LogP contribution is 2.24. The predicted molar refractivity (Wildman–Crippen MR) is 90.1 cm³/mol. The van der Waals surface area contributed by atoms with Crippen LogP contribution in [0.3, 0.4) is 0 Å². The third kappa shape index (κ3) is 5.84. The SMILES string of the molecule is CCOC(=N)COc1ccc(Oc2ccc(Cl)cc2)cc1.Cl. The van der Waals surface area contributed by atoms with E-state index in [-0.39, 0.29) is 24.9 Å². The van der Waals surface area contributed by atoms with Crippen LogP contribution >= 0.6 is 24.0 Å². The molecular formula is C16H17Cl2NO3. The highest BCUT2D eigenvalue weighted by molar-refractivity contribution is 6.30. The summed E-state index contributed by atoms with van der Waals surface area (Å²) in [5.41, 5.74) is 0. The molecule has 22 heavy (non-hydrogen) atoms. The van der Waals surface area contributed by atoms with Gasteiger partial charge in [0.25, 0.3) is 0 Å². The molecule has 2 rings (SSSR count). The maximum absolute atomic E-state index is 7.46. The Morgan fingerprint density at radius 2 is 1.45 bits per heavy atom. The minimum atomic E-state index is 0. The van der Waals surface area contributed by atoms with Crippen molar-refractivity contribution in [2.45, 2.75) is 6.92 Å². The van der Waals surface area contributed by atoms with Crippen molar-refractivity contribution in [1.29, 1.82) is 5.41 Å². The van der Waals surface area contributed by atoms with E-state index >= 15 is 0 Å². The average Bonchev–Trinajstić information content (AvgIpc) is 2.49. The van der Waals surface area contributed by atoms with Gasteiger partial charge in [0.1, 0.15) is 17.2 Å². The van der Waals surface area contributed by atoms with E-state index in [9.17, 15) is 0 Å². The van der Waals surface area contributed by atoms with Gasteiger partial charge in [0.2, 0.25) is 5.90 Å². The molecule has 0 saturated heterocycles. The molecular weight excluding hydrogens is 325 g/mol. The molecule has 4 nitrogen and oxygen atoms in total. The monoisotopic (exact) mass is 341 g/mol. The van der Waals surface area contributed by atoms with Crippen molar-refractivity contribution in [3.8, 4) is 17.2 Å². The number of hydrogen-bond donors (Lipinski definition) is 1. The molecule has 0 aliphatic carbocycles. The van der Waals surface area contributed by atoms with E-state index in [1.807, 2.05) is 6.92 Å². The van der Waals surface area contributed by atoms with Crippen molar-refractivity contribution in [3.05, 3.63) is 53.6 Å². The Labute approximate surface area is 140 Å². The molecule has 2 aromatic rings. The molecule has 6 heteroatoms. The highest BCUT2D eigenvalue weighted by atomic mass is 35.5. The quantitative estimate of drug-likeness (QED) is 0.597. The second-order valence-corrected chi connectivity index (χ2v) is 4.61. The van der Waals surface area contributed by atoms with E-state index in [0.29, 0.717) is 28.9 Å². The lowest BCUT2D eigenvalue weighted by molar-refractivity contribution is 0.273. The summed E-state index contributed by atoms with van der Waals surface area (Å²) in [5, 5.41) is 8.13. The molecule has 0 atom stereocenters. The van der Waals surface area contributed by atoms with Gasteiger partial charge in [-0.1, -0.05) is 11.6 Å². The van der Waals surface area contributed by atoms with Gasteiger partial charge in [0, 0.05) is 5.02 Å². The lowest BCUT2D eigenvalue weighted by atomic mass is 10.3. The van der Waals surface area contributed by atoms with Gasteiger partial charge in [-0.05, 0) is 55.5 Å². The van der Waals surface area contributed by atoms with Crippen molar-refractivity contribution in [1.82, 2.24) is 0 Å². The first-order valence-electron chi connectivity index (χ1n) is 6.54. The fourth-order valence-electron chi connectivity index (χ4n) is 1.61. The molecule has 0 bridgehead atoms. The highest BCUT2D eigenvalue weighted by Gasteiger charge is 2.01. The van der Waals surface area contributed by atoms with Crippen molar-refractivity contribution >= 4 is 29.9 Å². The standard InChI is InChI=1S/C16H16ClNO3.ClH/c1-2-19-16(18)11-20-13-7-9-15(10-8-13)21-14-5-3-12(17)4-6-14;/h3-10,18H,2,11H2,1H3;1H. The van der Waals surface area contributed by atoms with Crippen molar-refractivity contribution in [2.75, 3.05) is 13.2 Å². The van der Waals surface area contributed by atoms with Crippen molar-refractivity contribution in [2.24, 2.45) is 0 Å². The van der Waals surface area contributed by atoms with Crippen LogP contribution in [0.1, 0.15) is 6.92 Å². The molecule has 118 valence electrons. The maximum atomic E-state index is 7.46. The minimum absolute atomic E-state index is 0. The first-order valence-corrected chi connectivity index (χ1v) is 6.91. The van der Waals surface area contributed by atoms with E-state index in [4.69, 9.17) is 31.2 Å². The minimum Gasteiger partial charge on any atom is -0.484 e. The van der Waals surface area contributed by atoms with Gasteiger partial charge in [0.15, 0.2) is 6.61 Å². The Hall–Kier alpha value is -1.91. The number of halogens is 2. The number of benzene rings is 2. The zero-order chi connectivity index (χ0) is 15.1. The summed E-state index contributed by atoms with van der Waals surface area (Å²) in [7, 11) is 0. The molecule has 2 aromatic carbocycles. The van der Waals surface area contributed by atoms with Crippen LogP contribution in [0.15, 0.2) is 48.5 Å². The maximum Gasteiger partial charge on any atom is 0.219 e. The van der Waals surface area contributed by atoms with Crippen LogP contribution in [0, 0.1) is 5.41 Å². The molecule has 0 unspecified atom stereocenters. The van der Waals surface area contributed by atoms with Crippen LogP contribution in [-0.4, -0.2) is 19.1 Å². The van der Waals surface area contributed by atoms with E-state index in [1.54, 1.807) is 48.5 Å². The molecule has 0 radical (unpaired) electrons. The lowest BCUT2D eigenvalue weighted by Crippen LogP contribution is -2.13. The number of hydrogen-bond acceptors (Lipinski definition) is 4. The Balaban J connectivity index is 0.00000242. The molecule has 0 saturated carbocycles. The number of nitrogens with one attached hydrogen (secondary N) is 1. The number of rotatable bonds is 6. The molecule has 0 aliphatic rings. The summed E-state index contributed by atoms with van der Waals surface area (Å²) in [6.45, 7) is 2.42. The van der Waals surface area contributed by atoms with Crippen LogP contribution in [0.4, 0.5) is 0 Å². The van der Waals surface area contributed by atoms with Crippen LogP contribution in [0.25, 0.3) is 0 Å². The molecule has 0 spiro atoms. The third-order valence-corrected chi connectivity index (χ3v) is 2.81. The molecule has 1 N–H and O–H groups in total. The third-order valence-electron chi connectivity index (χ3n) is 2.56. The van der Waals surface area contributed by atoms with Gasteiger partial charge in [-0.15, -0.1) is 12.4 Å². The second kappa shape index (κ2) is 9.18. The van der Waals surface area contributed by atoms with Crippen molar-refractivity contribution in [3.63, 3.8) is 0 Å². The average molecular weight is 342 g/mol. The zero-order valence-corrected chi connectivity index (χ0v) is 13.6. The molecule has 0 aromatic heterocycles. The Morgan fingerprint density at radius 1 is 0.955 bits per heavy atom. The van der Waals surface area contributed by atoms with Gasteiger partial charge in [0.05, 0.1) is 6.61 Å². The van der Waals surface area contributed by atoms with Gasteiger partial charge in [-0.2, -0.15) is 0 Å². The van der Waals surface area contributed by atoms with E-state index in [1.165, 1.54) is 0 Å². The second-order valence-electron chi connectivity index (χ2n) is 4.17. The van der Waals surface area contributed by atoms with Crippen molar-refractivity contribution < 1.29 is 14.2 Å². The predicted octanol–water partition coefficient (Wildman–Crippen LogP) is 4.95. The van der Waals surface area contributed by atoms with Gasteiger partial charge >= 0.3 is 0 Å². The zero-order valence-electron chi connectivity index (χ0n) is 12.0. The van der Waals surface area contributed by atoms with Crippen LogP contribution in [0.5, 0.6) is 17.2 Å². The summed E-state index contributed by atoms with van der Waals surface area (Å²) in [6, 6.07) is 14.3. The Kier molecular flexibility index (Phi) is 7.57. The van der Waals surface area contributed by atoms with Crippen LogP contribution < -0.4 is 9.47 Å². The largest absolute Gasteiger partial charge is 0.484 e. The normalized spacial score (nSPS) is 9.55. The van der Waals surface area contributed by atoms with Crippen LogP contribution in [0.2, 0.25) is 5.02 Å². The summed E-state index contributed by atoms with van der Waals surface area (Å²) in [4.78, 5) is 0. The summed E-state index contributed by atoms with van der Waals surface area (Å²) in [6.07, 6.45) is 0. The van der Waals surface area contributed by atoms with Gasteiger partial charge < -0.3 is 14.2 Å². The number of ether oxygens (including phenoxy) is 3. The van der Waals surface area contributed by atoms with E-state index < -0.39 is 0 Å². The first-order chi connectivity index (χ1) is 10.2. The molecule has 0 heterocycles.